The molecule has 0 saturated carbocycles. The molecule has 0 amide bonds. The molecule has 3 aromatic rings. The first kappa shape index (κ1) is 29.0. The first-order chi connectivity index (χ1) is 19.5. The number of ether oxygens (including phenoxy) is 5. The van der Waals surface area contributed by atoms with Gasteiger partial charge in [0.15, 0.2) is 18.2 Å². The van der Waals surface area contributed by atoms with Gasteiger partial charge in [0.25, 0.3) is 0 Å². The summed E-state index contributed by atoms with van der Waals surface area (Å²) in [7, 11) is 1.37. The Morgan fingerprint density at radius 1 is 0.902 bits per heavy atom. The molecule has 3 heterocycles. The lowest BCUT2D eigenvalue weighted by Gasteiger charge is -2.43. The lowest BCUT2D eigenvalue weighted by molar-refractivity contribution is -0.344. The van der Waals surface area contributed by atoms with E-state index in [-0.39, 0.29) is 33.8 Å². The summed E-state index contributed by atoms with van der Waals surface area (Å²) in [6.45, 7) is 0.992. The van der Waals surface area contributed by atoms with Gasteiger partial charge in [-0.2, -0.15) is 0 Å². The topological polar surface area (TPSA) is 218 Å². The van der Waals surface area contributed by atoms with Gasteiger partial charge in [-0.15, -0.1) is 0 Å². The van der Waals surface area contributed by atoms with Gasteiger partial charge in [-0.25, -0.2) is 0 Å². The van der Waals surface area contributed by atoms with Gasteiger partial charge in [0.2, 0.25) is 17.5 Å². The van der Waals surface area contributed by atoms with Crippen molar-refractivity contribution in [3.63, 3.8) is 0 Å². The van der Waals surface area contributed by atoms with Gasteiger partial charge < -0.3 is 63.8 Å². The Morgan fingerprint density at radius 2 is 1.61 bits per heavy atom. The van der Waals surface area contributed by atoms with E-state index in [9.17, 15) is 40.5 Å². The van der Waals surface area contributed by atoms with Crippen molar-refractivity contribution in [2.75, 3.05) is 13.7 Å². The first-order valence-electron chi connectivity index (χ1n) is 12.7. The molecule has 41 heavy (non-hydrogen) atoms. The maximum Gasteiger partial charge on any atom is 0.239 e. The fourth-order valence-electron chi connectivity index (χ4n) is 4.69. The van der Waals surface area contributed by atoms with Crippen LogP contribution in [0.1, 0.15) is 6.92 Å². The van der Waals surface area contributed by atoms with Crippen LogP contribution in [0.5, 0.6) is 23.0 Å². The SMILES string of the molecule is COc1cc(O)c2c(=O)c(O[C@@H]3OC[C@H](O)[C@H](O)[C@H]3O[C@@H]3O[C@@H](C)[C@H](O)[C@@H](O)[C@H]3O)c(-c3ccc(O)cc3)oc2c1. The average molecular weight is 579 g/mol. The molecule has 0 unspecified atom stereocenters. The van der Waals surface area contributed by atoms with Gasteiger partial charge in [-0.1, -0.05) is 0 Å². The van der Waals surface area contributed by atoms with Crippen LogP contribution in [0.15, 0.2) is 45.6 Å². The highest BCUT2D eigenvalue weighted by Gasteiger charge is 2.48. The third-order valence-electron chi connectivity index (χ3n) is 7.04. The summed E-state index contributed by atoms with van der Waals surface area (Å²) in [4.78, 5) is 13.7. The highest BCUT2D eigenvalue weighted by molar-refractivity contribution is 5.88. The summed E-state index contributed by atoms with van der Waals surface area (Å²) in [5.41, 5.74) is -0.598. The van der Waals surface area contributed by atoms with E-state index in [2.05, 4.69) is 0 Å². The lowest BCUT2D eigenvalue weighted by Crippen LogP contribution is -2.62. The molecule has 2 aliphatic heterocycles. The Hall–Kier alpha value is -3.47. The number of aliphatic hydroxyl groups is 5. The monoisotopic (exact) mass is 578 g/mol. The molecule has 14 nitrogen and oxygen atoms in total. The lowest BCUT2D eigenvalue weighted by atomic mass is 9.99. The summed E-state index contributed by atoms with van der Waals surface area (Å²) >= 11 is 0. The molecule has 222 valence electrons. The number of aliphatic hydroxyl groups excluding tert-OH is 5. The van der Waals surface area contributed by atoms with Gasteiger partial charge in [-0.3, -0.25) is 4.79 Å². The van der Waals surface area contributed by atoms with Crippen LogP contribution in [0.3, 0.4) is 0 Å². The number of benzene rings is 2. The Morgan fingerprint density at radius 3 is 2.29 bits per heavy atom. The molecule has 1 aromatic heterocycles. The number of hydrogen-bond acceptors (Lipinski definition) is 14. The quantitative estimate of drug-likeness (QED) is 0.197. The molecule has 2 fully saturated rings. The Bertz CT molecular complexity index is 1440. The smallest absolute Gasteiger partial charge is 0.239 e. The maximum atomic E-state index is 13.7. The van der Waals surface area contributed by atoms with Crippen LogP contribution < -0.4 is 14.9 Å². The zero-order valence-corrected chi connectivity index (χ0v) is 21.9. The van der Waals surface area contributed by atoms with Crippen LogP contribution in [-0.4, -0.2) is 105 Å². The van der Waals surface area contributed by atoms with Crippen LogP contribution in [-0.2, 0) is 14.2 Å². The van der Waals surface area contributed by atoms with Crippen molar-refractivity contribution >= 4 is 11.0 Å². The maximum absolute atomic E-state index is 13.7. The zero-order valence-electron chi connectivity index (χ0n) is 21.9. The molecule has 2 aliphatic rings. The van der Waals surface area contributed by atoms with E-state index in [1.54, 1.807) is 0 Å². The van der Waals surface area contributed by atoms with Crippen molar-refractivity contribution in [2.24, 2.45) is 0 Å². The van der Waals surface area contributed by atoms with Gasteiger partial charge in [0.05, 0.1) is 19.8 Å². The molecule has 0 spiro atoms. The van der Waals surface area contributed by atoms with Gasteiger partial charge in [-0.05, 0) is 31.2 Å². The first-order valence-corrected chi connectivity index (χ1v) is 12.7. The summed E-state index contributed by atoms with van der Waals surface area (Å²) in [5, 5.41) is 71.7. The largest absolute Gasteiger partial charge is 0.508 e. The van der Waals surface area contributed by atoms with Crippen LogP contribution in [0, 0.1) is 0 Å². The van der Waals surface area contributed by atoms with E-state index >= 15 is 0 Å². The third-order valence-corrected chi connectivity index (χ3v) is 7.04. The van der Waals surface area contributed by atoms with Crippen LogP contribution in [0.2, 0.25) is 0 Å². The molecule has 7 N–H and O–H groups in total. The van der Waals surface area contributed by atoms with Gasteiger partial charge in [0, 0.05) is 17.7 Å². The predicted octanol–water partition coefficient (Wildman–Crippen LogP) is -0.451. The van der Waals surface area contributed by atoms with Crippen molar-refractivity contribution in [1.82, 2.24) is 0 Å². The summed E-state index contributed by atoms with van der Waals surface area (Å²) in [5.74, 6) is -0.938. The molecule has 5 rings (SSSR count). The number of fused-ring (bicyclic) bond motifs is 1. The number of phenolic OH excluding ortho intramolecular Hbond substituents is 2. The summed E-state index contributed by atoms with van der Waals surface area (Å²) in [6, 6.07) is 8.17. The van der Waals surface area contributed by atoms with E-state index in [0.717, 1.165) is 0 Å². The van der Waals surface area contributed by atoms with Crippen molar-refractivity contribution in [3.05, 3.63) is 46.6 Å². The second-order valence-corrected chi connectivity index (χ2v) is 9.82. The number of hydrogen-bond donors (Lipinski definition) is 7. The standard InChI is InChI=1S/C27H30O14/c1-10-18(31)21(34)22(35)26(38-10)41-25-19(32)15(30)9-37-27(25)40-24-20(33)17-14(29)7-13(36-2)8-16(17)39-23(24)11-3-5-12(28)6-4-11/h3-8,10,15,18-19,21-22,25-32,34-35H,9H2,1-2H3/t10-,15-,18-,19-,21+,22+,25+,26-,27-/m0/s1. The number of rotatable bonds is 6. The number of aromatic hydroxyl groups is 2. The van der Waals surface area contributed by atoms with Crippen molar-refractivity contribution in [3.8, 4) is 34.3 Å². The van der Waals surface area contributed by atoms with Crippen LogP contribution in [0.25, 0.3) is 22.3 Å². The minimum atomic E-state index is -1.75. The van der Waals surface area contributed by atoms with E-state index in [1.807, 2.05) is 0 Å². The minimum absolute atomic E-state index is 0.0460. The molecule has 14 heteroatoms. The molecule has 0 radical (unpaired) electrons. The Kier molecular flexibility index (Phi) is 8.09. The molecule has 0 aliphatic carbocycles. The summed E-state index contributed by atoms with van der Waals surface area (Å²) in [6.07, 6.45) is -13.7. The fraction of sp³-hybridized carbons (Fsp3) is 0.444. The van der Waals surface area contributed by atoms with E-state index in [0.29, 0.717) is 0 Å². The fourth-order valence-corrected chi connectivity index (χ4v) is 4.69. The predicted molar refractivity (Wildman–Crippen MR) is 137 cm³/mol. The van der Waals surface area contributed by atoms with Crippen LogP contribution >= 0.6 is 0 Å². The Balaban J connectivity index is 1.57. The molecular weight excluding hydrogens is 548 g/mol. The third kappa shape index (κ3) is 5.43. The highest BCUT2D eigenvalue weighted by Crippen LogP contribution is 2.38. The average Bonchev–Trinajstić information content (AvgIpc) is 2.95. The zero-order chi connectivity index (χ0) is 29.6. The number of methoxy groups -OCH3 is 1. The second kappa shape index (κ2) is 11.4. The van der Waals surface area contributed by atoms with Crippen molar-refractivity contribution in [1.29, 1.82) is 0 Å². The van der Waals surface area contributed by atoms with E-state index in [1.165, 1.54) is 50.4 Å². The Labute approximate surface area is 232 Å². The second-order valence-electron chi connectivity index (χ2n) is 9.82. The summed E-state index contributed by atoms with van der Waals surface area (Å²) < 4.78 is 33.8. The van der Waals surface area contributed by atoms with Crippen molar-refractivity contribution < 1.29 is 63.8 Å². The van der Waals surface area contributed by atoms with Crippen molar-refractivity contribution in [2.45, 2.75) is 62.2 Å². The minimum Gasteiger partial charge on any atom is -0.508 e. The van der Waals surface area contributed by atoms with Gasteiger partial charge >= 0.3 is 0 Å². The van der Waals surface area contributed by atoms with Gasteiger partial charge in [0.1, 0.15) is 58.7 Å². The number of phenols is 2. The molecular formula is C27H30O14. The van der Waals surface area contributed by atoms with E-state index in [4.69, 9.17) is 28.1 Å². The normalized spacial score (nSPS) is 32.1. The van der Waals surface area contributed by atoms with Crippen LogP contribution in [0.4, 0.5) is 0 Å². The molecule has 9 atom stereocenters. The van der Waals surface area contributed by atoms with E-state index < -0.39 is 78.8 Å². The molecule has 2 aromatic carbocycles. The highest BCUT2D eigenvalue weighted by atomic mass is 16.8. The molecule has 2 saturated heterocycles. The molecule has 0 bridgehead atoms.